The molecule has 0 bridgehead atoms. The van der Waals surface area contributed by atoms with E-state index in [4.69, 9.17) is 4.74 Å². The Morgan fingerprint density at radius 2 is 1.96 bits per heavy atom. The van der Waals surface area contributed by atoms with Gasteiger partial charge in [-0.2, -0.15) is 0 Å². The van der Waals surface area contributed by atoms with Gasteiger partial charge in [0.15, 0.2) is 0 Å². The van der Waals surface area contributed by atoms with E-state index in [9.17, 15) is 14.7 Å². The molecule has 3 rings (SSSR count). The van der Waals surface area contributed by atoms with Crippen molar-refractivity contribution in [2.24, 2.45) is 11.3 Å². The van der Waals surface area contributed by atoms with Crippen LogP contribution in [0.15, 0.2) is 11.3 Å². The van der Waals surface area contributed by atoms with Gasteiger partial charge in [0.05, 0.1) is 6.61 Å². The summed E-state index contributed by atoms with van der Waals surface area (Å²) in [6, 6.07) is 0. The third-order valence-electron chi connectivity index (χ3n) is 5.71. The molecule has 0 aromatic heterocycles. The fourth-order valence-electron chi connectivity index (χ4n) is 4.21. The molecule has 1 saturated carbocycles. The summed E-state index contributed by atoms with van der Waals surface area (Å²) in [6.45, 7) is 8.47. The van der Waals surface area contributed by atoms with Crippen molar-refractivity contribution in [1.29, 1.82) is 0 Å². The van der Waals surface area contributed by atoms with Crippen LogP contribution < -0.4 is 5.32 Å². The van der Waals surface area contributed by atoms with Crippen LogP contribution in [0.3, 0.4) is 0 Å². The van der Waals surface area contributed by atoms with Gasteiger partial charge in [0, 0.05) is 12.0 Å². The molecule has 2 amide bonds. The maximum atomic E-state index is 12.9. The Morgan fingerprint density at radius 1 is 1.32 bits per heavy atom. The lowest BCUT2D eigenvalue weighted by Gasteiger charge is -2.36. The van der Waals surface area contributed by atoms with E-state index in [2.05, 4.69) is 5.32 Å². The maximum absolute atomic E-state index is 12.9. The van der Waals surface area contributed by atoms with Crippen LogP contribution in [0.1, 0.15) is 59.8 Å². The average Bonchev–Trinajstić information content (AvgIpc) is 3.00. The lowest BCUT2D eigenvalue weighted by Crippen LogP contribution is -2.50. The molecule has 0 radical (unpaired) electrons. The summed E-state index contributed by atoms with van der Waals surface area (Å²) in [7, 11) is 0. The van der Waals surface area contributed by atoms with Crippen molar-refractivity contribution in [3.63, 3.8) is 0 Å². The summed E-state index contributed by atoms with van der Waals surface area (Å²) < 4.78 is 5.79. The Balaban J connectivity index is 1.75. The molecule has 0 aromatic rings. The quantitative estimate of drug-likeness (QED) is 0.767. The first-order chi connectivity index (χ1) is 11.7. The van der Waals surface area contributed by atoms with Crippen LogP contribution in [0.25, 0.3) is 0 Å². The number of nitrogens with one attached hydrogen (secondary N) is 1. The van der Waals surface area contributed by atoms with Crippen LogP contribution >= 0.6 is 0 Å². The van der Waals surface area contributed by atoms with Gasteiger partial charge in [-0.15, -0.1) is 0 Å². The molecule has 2 atom stereocenters. The van der Waals surface area contributed by atoms with E-state index in [1.54, 1.807) is 6.92 Å². The highest BCUT2D eigenvalue weighted by Gasteiger charge is 2.60. The number of fused-ring (bicyclic) bond motifs is 1. The minimum Gasteiger partial charge on any atom is -0.509 e. The van der Waals surface area contributed by atoms with Crippen molar-refractivity contribution in [1.82, 2.24) is 10.2 Å². The lowest BCUT2D eigenvalue weighted by molar-refractivity contribution is -0.140. The minimum absolute atomic E-state index is 0.115. The number of hydrogen-bond acceptors (Lipinski definition) is 4. The second-order valence-corrected chi connectivity index (χ2v) is 8.92. The predicted molar refractivity (Wildman–Crippen MR) is 93.7 cm³/mol. The fraction of sp³-hybridized carbons (Fsp3) is 0.789. The van der Waals surface area contributed by atoms with Crippen LogP contribution in [0.4, 0.5) is 0 Å². The first-order valence-corrected chi connectivity index (χ1v) is 9.33. The number of ether oxygens (including phenoxy) is 1. The third-order valence-corrected chi connectivity index (χ3v) is 5.71. The summed E-state index contributed by atoms with van der Waals surface area (Å²) in [5, 5.41) is 13.5. The van der Waals surface area contributed by atoms with E-state index >= 15 is 0 Å². The van der Waals surface area contributed by atoms with Crippen molar-refractivity contribution in [2.45, 2.75) is 71.6 Å². The summed E-state index contributed by atoms with van der Waals surface area (Å²) >= 11 is 0. The van der Waals surface area contributed by atoms with Gasteiger partial charge in [-0.25, -0.2) is 0 Å². The number of nitrogens with zero attached hydrogens (tertiary/aromatic N) is 1. The normalized spacial score (nSPS) is 30.8. The van der Waals surface area contributed by atoms with Crippen LogP contribution in [0.5, 0.6) is 0 Å². The van der Waals surface area contributed by atoms with E-state index in [0.29, 0.717) is 12.5 Å². The molecule has 2 aliphatic heterocycles. The average molecular weight is 350 g/mol. The highest BCUT2D eigenvalue weighted by Crippen LogP contribution is 2.45. The summed E-state index contributed by atoms with van der Waals surface area (Å²) in [5.41, 5.74) is -1.37. The third kappa shape index (κ3) is 3.05. The smallest absolute Gasteiger partial charge is 0.265 e. The second-order valence-electron chi connectivity index (χ2n) is 8.92. The van der Waals surface area contributed by atoms with E-state index in [1.807, 2.05) is 20.8 Å². The highest BCUT2D eigenvalue weighted by atomic mass is 16.5. The monoisotopic (exact) mass is 350 g/mol. The fourth-order valence-corrected chi connectivity index (χ4v) is 4.21. The van der Waals surface area contributed by atoms with Gasteiger partial charge in [-0.05, 0) is 25.7 Å². The maximum Gasteiger partial charge on any atom is 0.265 e. The van der Waals surface area contributed by atoms with E-state index in [1.165, 1.54) is 24.2 Å². The number of aliphatic hydroxyl groups excluding tert-OH is 1. The molecule has 0 unspecified atom stereocenters. The minimum atomic E-state index is -0.952. The molecule has 1 saturated heterocycles. The molecule has 2 fully saturated rings. The summed E-state index contributed by atoms with van der Waals surface area (Å²) in [4.78, 5) is 27.1. The number of carbonyl (C=O) groups excluding carboxylic acids is 2. The van der Waals surface area contributed by atoms with Gasteiger partial charge in [0.2, 0.25) is 0 Å². The van der Waals surface area contributed by atoms with E-state index in [-0.39, 0.29) is 23.4 Å². The molecular weight excluding hydrogens is 320 g/mol. The zero-order chi connectivity index (χ0) is 18.4. The van der Waals surface area contributed by atoms with E-state index < -0.39 is 23.6 Å². The van der Waals surface area contributed by atoms with E-state index in [0.717, 1.165) is 12.8 Å². The molecule has 1 aliphatic carbocycles. The molecule has 140 valence electrons. The first-order valence-electron chi connectivity index (χ1n) is 9.33. The number of aliphatic hydroxyl groups is 1. The van der Waals surface area contributed by atoms with Crippen molar-refractivity contribution in [3.8, 4) is 0 Å². The Kier molecular flexibility index (Phi) is 4.60. The van der Waals surface area contributed by atoms with Gasteiger partial charge in [-0.3, -0.25) is 14.5 Å². The zero-order valence-electron chi connectivity index (χ0n) is 15.7. The molecule has 0 aromatic carbocycles. The van der Waals surface area contributed by atoms with Gasteiger partial charge in [-0.1, -0.05) is 40.0 Å². The molecule has 25 heavy (non-hydrogen) atoms. The molecule has 2 N–H and O–H groups in total. The highest BCUT2D eigenvalue weighted by molar-refractivity contribution is 6.21. The second kappa shape index (κ2) is 6.31. The molecule has 2 heterocycles. The van der Waals surface area contributed by atoms with Crippen LogP contribution in [0.2, 0.25) is 0 Å². The van der Waals surface area contributed by atoms with Crippen LogP contribution in [-0.4, -0.2) is 46.7 Å². The van der Waals surface area contributed by atoms with Crippen molar-refractivity contribution in [2.75, 3.05) is 13.2 Å². The number of amides is 2. The Labute approximate surface area is 149 Å². The van der Waals surface area contributed by atoms with Gasteiger partial charge in [0.1, 0.15) is 23.1 Å². The SMILES string of the molecule is CC(C)(C)[C@H]1OC[C@]2(C)C(O)=C(C(=O)NCC3CCCCC3)C(=O)N12. The Bertz CT molecular complexity index is 601. The van der Waals surface area contributed by atoms with Crippen LogP contribution in [0, 0.1) is 11.3 Å². The predicted octanol–water partition coefficient (Wildman–Crippen LogP) is 2.50. The lowest BCUT2D eigenvalue weighted by atomic mass is 9.89. The number of rotatable bonds is 3. The summed E-state index contributed by atoms with van der Waals surface area (Å²) in [6.07, 6.45) is 5.42. The largest absolute Gasteiger partial charge is 0.509 e. The standard InChI is InChI=1S/C19H30N2O4/c1-18(2,3)17-21-16(24)13(14(22)19(21,4)11-25-17)15(23)20-10-12-8-6-5-7-9-12/h12,17,22H,5-11H2,1-4H3,(H,20,23)/t17-,19-/m1/s1. The Morgan fingerprint density at radius 3 is 2.56 bits per heavy atom. The first kappa shape index (κ1) is 18.2. The van der Waals surface area contributed by atoms with Crippen molar-refractivity contribution < 1.29 is 19.4 Å². The van der Waals surface area contributed by atoms with Crippen LogP contribution in [-0.2, 0) is 14.3 Å². The van der Waals surface area contributed by atoms with Gasteiger partial charge >= 0.3 is 0 Å². The molecule has 6 nitrogen and oxygen atoms in total. The number of carbonyl (C=O) groups is 2. The van der Waals surface area contributed by atoms with Crippen molar-refractivity contribution >= 4 is 11.8 Å². The van der Waals surface area contributed by atoms with Crippen molar-refractivity contribution in [3.05, 3.63) is 11.3 Å². The molecule has 0 spiro atoms. The molecule has 6 heteroatoms. The number of hydrogen-bond donors (Lipinski definition) is 2. The topological polar surface area (TPSA) is 78.9 Å². The summed E-state index contributed by atoms with van der Waals surface area (Å²) in [5.74, 6) is -0.585. The van der Waals surface area contributed by atoms with Gasteiger partial charge in [0.25, 0.3) is 11.8 Å². The Hall–Kier alpha value is -1.56. The zero-order valence-corrected chi connectivity index (χ0v) is 15.7. The van der Waals surface area contributed by atoms with Gasteiger partial charge < -0.3 is 15.2 Å². The molecular formula is C19H30N2O4. The molecule has 3 aliphatic rings.